The van der Waals surface area contributed by atoms with Crippen molar-refractivity contribution in [1.82, 2.24) is 24.9 Å². The number of carbonyl (C=O) groups excluding carboxylic acids is 1. The van der Waals surface area contributed by atoms with Crippen LogP contribution >= 0.6 is 0 Å². The monoisotopic (exact) mass is 403 g/mol. The fraction of sp³-hybridized carbons (Fsp3) is 0.500. The first-order chi connectivity index (χ1) is 14.5. The van der Waals surface area contributed by atoms with Crippen molar-refractivity contribution in [2.75, 3.05) is 13.1 Å². The molecule has 1 saturated heterocycles. The molecule has 30 heavy (non-hydrogen) atoms. The molecule has 1 fully saturated rings. The van der Waals surface area contributed by atoms with E-state index in [4.69, 9.17) is 4.98 Å². The molecular weight excluding hydrogens is 374 g/mol. The molecule has 1 aliphatic heterocycles. The number of nitrogens with one attached hydrogen (secondary N) is 1. The highest BCUT2D eigenvalue weighted by Gasteiger charge is 2.37. The Balaban J connectivity index is 1.35. The summed E-state index contributed by atoms with van der Waals surface area (Å²) in [5.74, 6) is 1.82. The molecule has 2 aromatic heterocycles. The Labute approximate surface area is 177 Å². The lowest BCUT2D eigenvalue weighted by molar-refractivity contribution is -0.121. The molecule has 1 aromatic carbocycles. The smallest absolute Gasteiger partial charge is 0.177 e. The van der Waals surface area contributed by atoms with Gasteiger partial charge in [-0.25, -0.2) is 9.50 Å². The van der Waals surface area contributed by atoms with Crippen LogP contribution in [0.2, 0.25) is 0 Å². The molecule has 3 heterocycles. The summed E-state index contributed by atoms with van der Waals surface area (Å²) in [5, 5.41) is 8.18. The normalized spacial score (nSPS) is 20.6. The van der Waals surface area contributed by atoms with Crippen molar-refractivity contribution in [3.05, 3.63) is 58.8 Å². The first-order valence-corrected chi connectivity index (χ1v) is 11.1. The van der Waals surface area contributed by atoms with Gasteiger partial charge in [0.15, 0.2) is 11.5 Å². The summed E-state index contributed by atoms with van der Waals surface area (Å²) in [7, 11) is 0. The van der Waals surface area contributed by atoms with E-state index in [2.05, 4.69) is 33.6 Å². The molecule has 0 bridgehead atoms. The Morgan fingerprint density at radius 2 is 2.20 bits per heavy atom. The van der Waals surface area contributed by atoms with E-state index in [1.807, 2.05) is 30.8 Å². The lowest BCUT2D eigenvalue weighted by Crippen LogP contribution is -2.30. The lowest BCUT2D eigenvalue weighted by atomic mass is 9.85. The van der Waals surface area contributed by atoms with E-state index in [1.54, 1.807) is 0 Å². The summed E-state index contributed by atoms with van der Waals surface area (Å²) in [6.45, 7) is 6.29. The van der Waals surface area contributed by atoms with Crippen molar-refractivity contribution in [1.29, 1.82) is 0 Å². The summed E-state index contributed by atoms with van der Waals surface area (Å²) < 4.78 is 1.86. The molecule has 3 aromatic rings. The van der Waals surface area contributed by atoms with E-state index >= 15 is 0 Å². The van der Waals surface area contributed by atoms with Crippen molar-refractivity contribution in [3.8, 4) is 0 Å². The Bertz CT molecular complexity index is 1090. The fourth-order valence-corrected chi connectivity index (χ4v) is 4.91. The zero-order chi connectivity index (χ0) is 20.7. The fourth-order valence-electron chi connectivity index (χ4n) is 4.91. The van der Waals surface area contributed by atoms with Crippen molar-refractivity contribution in [2.45, 2.75) is 57.8 Å². The topological polar surface area (TPSA) is 72.2 Å². The van der Waals surface area contributed by atoms with Crippen LogP contribution in [0.25, 0.3) is 5.65 Å². The Morgan fingerprint density at radius 1 is 1.30 bits per heavy atom. The van der Waals surface area contributed by atoms with Crippen molar-refractivity contribution >= 4 is 11.4 Å². The Morgan fingerprint density at radius 3 is 3.03 bits per heavy atom. The number of aromatic nitrogens is 4. The van der Waals surface area contributed by atoms with Gasteiger partial charge in [-0.15, -0.1) is 0 Å². The summed E-state index contributed by atoms with van der Waals surface area (Å²) in [5.41, 5.74) is 4.98. The van der Waals surface area contributed by atoms with Crippen LogP contribution in [-0.4, -0.2) is 38.5 Å². The second-order valence-corrected chi connectivity index (χ2v) is 9.31. The zero-order valence-electron chi connectivity index (χ0n) is 17.8. The first-order valence-electron chi connectivity index (χ1n) is 11.1. The van der Waals surface area contributed by atoms with E-state index in [9.17, 15) is 4.79 Å². The van der Waals surface area contributed by atoms with Crippen LogP contribution in [0, 0.1) is 5.92 Å². The van der Waals surface area contributed by atoms with E-state index < -0.39 is 0 Å². The van der Waals surface area contributed by atoms with Gasteiger partial charge in [-0.2, -0.15) is 5.10 Å². The Hall–Kier alpha value is -2.60. The number of aryl methyl sites for hydroxylation is 1. The average Bonchev–Trinajstić information content (AvgIpc) is 3.25. The van der Waals surface area contributed by atoms with Crippen LogP contribution in [0.4, 0.5) is 0 Å². The molecule has 156 valence electrons. The minimum atomic E-state index is -0.371. The number of carbonyl (C=O) groups is 1. The highest BCUT2D eigenvalue weighted by atomic mass is 16.1. The molecular formula is C24H29N5O. The molecule has 0 saturated carbocycles. The summed E-state index contributed by atoms with van der Waals surface area (Å²) in [4.78, 5) is 21.7. The molecule has 5 rings (SSSR count). The third-order valence-corrected chi connectivity index (χ3v) is 6.81. The maximum absolute atomic E-state index is 12.3. The molecule has 1 atom stereocenters. The number of benzene rings is 1. The third kappa shape index (κ3) is 3.54. The summed E-state index contributed by atoms with van der Waals surface area (Å²) in [6.07, 6.45) is 9.52. The van der Waals surface area contributed by atoms with Crippen molar-refractivity contribution in [3.63, 3.8) is 0 Å². The molecule has 0 radical (unpaired) electrons. The number of nitrogens with zero attached hydrogens (tertiary/aromatic N) is 4. The summed E-state index contributed by atoms with van der Waals surface area (Å²) in [6, 6.07) is 6.37. The van der Waals surface area contributed by atoms with Gasteiger partial charge in [0.1, 0.15) is 5.78 Å². The van der Waals surface area contributed by atoms with Gasteiger partial charge in [0.2, 0.25) is 0 Å². The number of hydrogen-bond donors (Lipinski definition) is 1. The van der Waals surface area contributed by atoms with Gasteiger partial charge >= 0.3 is 0 Å². The van der Waals surface area contributed by atoms with Crippen LogP contribution in [-0.2, 0) is 29.5 Å². The lowest BCUT2D eigenvalue weighted by Gasteiger charge is -2.22. The molecule has 0 spiro atoms. The standard InChI is InChI=1S/C24H29N5O/c1-24(2)19-7-5-17(12-18(19)14-21(24)30)13-22-27-23-20(26-10-11-29(23)28-22)8-6-16-4-3-9-25-15-16/h5,7,10-12,16,25H,3-4,6,8-9,13-15H2,1-2H3. The largest absolute Gasteiger partial charge is 0.316 e. The van der Waals surface area contributed by atoms with Gasteiger partial charge in [-0.05, 0) is 75.2 Å². The first kappa shape index (κ1) is 19.4. The van der Waals surface area contributed by atoms with Crippen LogP contribution in [0.3, 0.4) is 0 Å². The molecule has 1 unspecified atom stereocenters. The van der Waals surface area contributed by atoms with Crippen molar-refractivity contribution < 1.29 is 4.79 Å². The Kier molecular flexibility index (Phi) is 4.89. The number of hydrogen-bond acceptors (Lipinski definition) is 5. The minimum absolute atomic E-state index is 0.296. The van der Waals surface area contributed by atoms with Crippen LogP contribution in [0.1, 0.15) is 61.3 Å². The predicted molar refractivity (Wildman–Crippen MR) is 116 cm³/mol. The highest BCUT2D eigenvalue weighted by Crippen LogP contribution is 2.36. The molecule has 2 aliphatic rings. The van der Waals surface area contributed by atoms with Gasteiger partial charge in [0.25, 0.3) is 0 Å². The van der Waals surface area contributed by atoms with Gasteiger partial charge < -0.3 is 5.32 Å². The molecule has 1 aliphatic carbocycles. The van der Waals surface area contributed by atoms with Crippen LogP contribution in [0.15, 0.2) is 30.6 Å². The molecule has 1 N–H and O–H groups in total. The van der Waals surface area contributed by atoms with E-state index in [0.717, 1.165) is 65.7 Å². The number of piperidine rings is 1. The van der Waals surface area contributed by atoms with E-state index in [0.29, 0.717) is 18.6 Å². The number of fused-ring (bicyclic) bond motifs is 2. The molecule has 6 nitrogen and oxygen atoms in total. The second-order valence-electron chi connectivity index (χ2n) is 9.31. The zero-order valence-corrected chi connectivity index (χ0v) is 17.8. The highest BCUT2D eigenvalue weighted by molar-refractivity contribution is 5.95. The summed E-state index contributed by atoms with van der Waals surface area (Å²) >= 11 is 0. The third-order valence-electron chi connectivity index (χ3n) is 6.81. The molecule has 0 amide bonds. The predicted octanol–water partition coefficient (Wildman–Crippen LogP) is 3.05. The van der Waals surface area contributed by atoms with Gasteiger partial charge in [0.05, 0.1) is 5.69 Å². The van der Waals surface area contributed by atoms with Gasteiger partial charge in [-0.3, -0.25) is 9.78 Å². The van der Waals surface area contributed by atoms with Crippen LogP contribution in [0.5, 0.6) is 0 Å². The molecule has 6 heteroatoms. The van der Waals surface area contributed by atoms with E-state index in [-0.39, 0.29) is 5.41 Å². The maximum Gasteiger partial charge on any atom is 0.177 e. The quantitative estimate of drug-likeness (QED) is 0.709. The minimum Gasteiger partial charge on any atom is -0.316 e. The number of Topliss-reactive ketones (excluding diaryl/α,β-unsaturated/α-hetero) is 1. The average molecular weight is 404 g/mol. The van der Waals surface area contributed by atoms with E-state index in [1.165, 1.54) is 12.8 Å². The van der Waals surface area contributed by atoms with Crippen molar-refractivity contribution in [2.24, 2.45) is 5.92 Å². The second kappa shape index (κ2) is 7.58. The van der Waals surface area contributed by atoms with Crippen LogP contribution < -0.4 is 5.32 Å². The number of ketones is 1. The van der Waals surface area contributed by atoms with Gasteiger partial charge in [0, 0.05) is 30.7 Å². The number of rotatable bonds is 5. The maximum atomic E-state index is 12.3. The van der Waals surface area contributed by atoms with Gasteiger partial charge in [-0.1, -0.05) is 18.2 Å². The SMILES string of the molecule is CC1(C)C(=O)Cc2cc(Cc3nc4c(CCC5CCCNC5)nccn4n3)ccc21.